The van der Waals surface area contributed by atoms with Crippen molar-refractivity contribution >= 4 is 23.4 Å². The molecule has 0 fully saturated rings. The average Bonchev–Trinajstić information content (AvgIpc) is 2.54. The summed E-state index contributed by atoms with van der Waals surface area (Å²) < 4.78 is 5.30. The fourth-order valence-corrected chi connectivity index (χ4v) is 2.53. The lowest BCUT2D eigenvalue weighted by atomic mass is 9.89. The SMILES string of the molecule is CC/C=C\C[C@H]1C(=O)C(Cl)=C[C@H]1CC(=O)OC(C)(C)C. The van der Waals surface area contributed by atoms with Gasteiger partial charge in [0.2, 0.25) is 0 Å². The summed E-state index contributed by atoms with van der Waals surface area (Å²) in [6.07, 6.45) is 7.44. The Balaban J connectivity index is 2.68. The van der Waals surface area contributed by atoms with Gasteiger partial charge in [-0.2, -0.15) is 0 Å². The van der Waals surface area contributed by atoms with Crippen molar-refractivity contribution in [2.45, 2.75) is 52.6 Å². The third-order valence-electron chi connectivity index (χ3n) is 3.06. The number of ketones is 1. The molecule has 112 valence electrons. The van der Waals surface area contributed by atoms with Gasteiger partial charge in [0.05, 0.1) is 11.5 Å². The molecule has 0 saturated carbocycles. The van der Waals surface area contributed by atoms with Crippen LogP contribution in [0.4, 0.5) is 0 Å². The number of hydrogen-bond donors (Lipinski definition) is 0. The van der Waals surface area contributed by atoms with Crippen molar-refractivity contribution in [1.29, 1.82) is 0 Å². The minimum atomic E-state index is -0.509. The molecule has 0 aliphatic heterocycles. The van der Waals surface area contributed by atoms with E-state index >= 15 is 0 Å². The highest BCUT2D eigenvalue weighted by atomic mass is 35.5. The van der Waals surface area contributed by atoms with Gasteiger partial charge in [0.15, 0.2) is 5.78 Å². The molecule has 1 aliphatic carbocycles. The normalized spacial score (nSPS) is 23.2. The number of carbonyl (C=O) groups excluding carboxylic acids is 2. The molecule has 0 heterocycles. The minimum absolute atomic E-state index is 0.0685. The predicted molar refractivity (Wildman–Crippen MR) is 80.4 cm³/mol. The average molecular weight is 299 g/mol. The summed E-state index contributed by atoms with van der Waals surface area (Å²) in [7, 11) is 0. The molecule has 1 rings (SSSR count). The Morgan fingerprint density at radius 3 is 2.60 bits per heavy atom. The van der Waals surface area contributed by atoms with Crippen LogP contribution in [0.2, 0.25) is 0 Å². The van der Waals surface area contributed by atoms with Crippen LogP contribution in [-0.4, -0.2) is 17.4 Å². The molecule has 4 heteroatoms. The second-order valence-electron chi connectivity index (χ2n) is 6.06. The standard InChI is InChI=1S/C16H23ClO3/c1-5-6-7-8-12-11(9-13(17)15(12)19)10-14(18)20-16(2,3)4/h6-7,9,11-12H,5,8,10H2,1-4H3/b7-6-/t11-,12+/m0/s1. The Morgan fingerprint density at radius 1 is 1.40 bits per heavy atom. The quantitative estimate of drug-likeness (QED) is 0.569. The Bertz CT molecular complexity index is 429. The van der Waals surface area contributed by atoms with E-state index in [9.17, 15) is 9.59 Å². The monoisotopic (exact) mass is 298 g/mol. The van der Waals surface area contributed by atoms with E-state index in [-0.39, 0.29) is 35.0 Å². The first-order valence-corrected chi connectivity index (χ1v) is 7.40. The fraction of sp³-hybridized carbons (Fsp3) is 0.625. The van der Waals surface area contributed by atoms with E-state index in [0.717, 1.165) is 6.42 Å². The number of ether oxygens (including phenoxy) is 1. The molecule has 0 radical (unpaired) electrons. The van der Waals surface area contributed by atoms with Crippen LogP contribution in [0.15, 0.2) is 23.3 Å². The molecule has 20 heavy (non-hydrogen) atoms. The largest absolute Gasteiger partial charge is 0.460 e. The van der Waals surface area contributed by atoms with Gasteiger partial charge in [-0.3, -0.25) is 9.59 Å². The summed E-state index contributed by atoms with van der Waals surface area (Å²) in [5, 5.41) is 0.244. The highest BCUT2D eigenvalue weighted by molar-refractivity contribution is 6.43. The van der Waals surface area contributed by atoms with Gasteiger partial charge in [-0.05, 0) is 39.5 Å². The molecule has 0 aromatic rings. The lowest BCUT2D eigenvalue weighted by molar-refractivity contribution is -0.155. The molecule has 0 aromatic carbocycles. The van der Waals surface area contributed by atoms with Crippen LogP contribution in [0.25, 0.3) is 0 Å². The molecule has 2 atom stereocenters. The maximum absolute atomic E-state index is 12.0. The number of Topliss-reactive ketones (excluding diaryl/α,β-unsaturated/α-hetero) is 1. The van der Waals surface area contributed by atoms with Crippen molar-refractivity contribution in [3.8, 4) is 0 Å². The second kappa shape index (κ2) is 7.07. The molecule has 3 nitrogen and oxygen atoms in total. The number of carbonyl (C=O) groups is 2. The number of allylic oxidation sites excluding steroid dienone is 4. The molecule has 0 bridgehead atoms. The molecule has 0 N–H and O–H groups in total. The first-order chi connectivity index (χ1) is 9.24. The van der Waals surface area contributed by atoms with Crippen LogP contribution in [-0.2, 0) is 14.3 Å². The number of hydrogen-bond acceptors (Lipinski definition) is 3. The van der Waals surface area contributed by atoms with Crippen LogP contribution in [0, 0.1) is 11.8 Å². The zero-order chi connectivity index (χ0) is 15.3. The van der Waals surface area contributed by atoms with Crippen molar-refractivity contribution in [3.05, 3.63) is 23.3 Å². The fourth-order valence-electron chi connectivity index (χ4n) is 2.23. The maximum atomic E-state index is 12.0. The maximum Gasteiger partial charge on any atom is 0.306 e. The van der Waals surface area contributed by atoms with E-state index < -0.39 is 5.60 Å². The van der Waals surface area contributed by atoms with Crippen molar-refractivity contribution in [2.24, 2.45) is 11.8 Å². The summed E-state index contributed by atoms with van der Waals surface area (Å²) in [6.45, 7) is 7.52. The summed E-state index contributed by atoms with van der Waals surface area (Å²) in [5.41, 5.74) is -0.509. The van der Waals surface area contributed by atoms with Gasteiger partial charge in [0, 0.05) is 5.92 Å². The Kier molecular flexibility index (Phi) is 6.00. The van der Waals surface area contributed by atoms with Gasteiger partial charge in [0.25, 0.3) is 0 Å². The van der Waals surface area contributed by atoms with Gasteiger partial charge < -0.3 is 4.74 Å². The zero-order valence-electron chi connectivity index (χ0n) is 12.6. The van der Waals surface area contributed by atoms with E-state index in [1.807, 2.05) is 39.8 Å². The van der Waals surface area contributed by atoms with Crippen LogP contribution < -0.4 is 0 Å². The third kappa shape index (κ3) is 5.12. The van der Waals surface area contributed by atoms with Crippen molar-refractivity contribution < 1.29 is 14.3 Å². The summed E-state index contributed by atoms with van der Waals surface area (Å²) >= 11 is 5.92. The highest BCUT2D eigenvalue weighted by Crippen LogP contribution is 2.35. The van der Waals surface area contributed by atoms with E-state index in [1.54, 1.807) is 6.08 Å². The minimum Gasteiger partial charge on any atom is -0.460 e. The molecule has 1 aliphatic rings. The van der Waals surface area contributed by atoms with Gasteiger partial charge in [-0.15, -0.1) is 0 Å². The molecular weight excluding hydrogens is 276 g/mol. The van der Waals surface area contributed by atoms with Crippen LogP contribution in [0.3, 0.4) is 0 Å². The van der Waals surface area contributed by atoms with E-state index in [4.69, 9.17) is 16.3 Å². The van der Waals surface area contributed by atoms with Crippen molar-refractivity contribution in [2.75, 3.05) is 0 Å². The lowest BCUT2D eigenvalue weighted by Crippen LogP contribution is -2.26. The highest BCUT2D eigenvalue weighted by Gasteiger charge is 2.36. The first-order valence-electron chi connectivity index (χ1n) is 7.03. The van der Waals surface area contributed by atoms with Crippen molar-refractivity contribution in [1.82, 2.24) is 0 Å². The number of esters is 1. The summed E-state index contributed by atoms with van der Waals surface area (Å²) in [6, 6.07) is 0. The Hall–Kier alpha value is -1.09. The Morgan fingerprint density at radius 2 is 2.05 bits per heavy atom. The molecule has 0 aromatic heterocycles. The van der Waals surface area contributed by atoms with Crippen LogP contribution >= 0.6 is 11.6 Å². The smallest absolute Gasteiger partial charge is 0.306 e. The van der Waals surface area contributed by atoms with Crippen molar-refractivity contribution in [3.63, 3.8) is 0 Å². The first kappa shape index (κ1) is 17.0. The van der Waals surface area contributed by atoms with Gasteiger partial charge in [-0.1, -0.05) is 36.8 Å². The summed E-state index contributed by atoms with van der Waals surface area (Å²) in [5.74, 6) is -0.757. The third-order valence-corrected chi connectivity index (χ3v) is 3.38. The second-order valence-corrected chi connectivity index (χ2v) is 6.46. The van der Waals surface area contributed by atoms with Gasteiger partial charge in [0.1, 0.15) is 5.60 Å². The topological polar surface area (TPSA) is 43.4 Å². The van der Waals surface area contributed by atoms with E-state index in [2.05, 4.69) is 0 Å². The number of halogens is 1. The van der Waals surface area contributed by atoms with Gasteiger partial charge in [-0.25, -0.2) is 0 Å². The molecule has 0 amide bonds. The molecule has 0 unspecified atom stereocenters. The summed E-state index contributed by atoms with van der Waals surface area (Å²) in [4.78, 5) is 23.9. The lowest BCUT2D eigenvalue weighted by Gasteiger charge is -2.22. The zero-order valence-corrected chi connectivity index (χ0v) is 13.4. The Labute approximate surface area is 126 Å². The molecule has 0 spiro atoms. The predicted octanol–water partition coefficient (Wildman–Crippen LogP) is 4.01. The molecule has 0 saturated heterocycles. The van der Waals surface area contributed by atoms with E-state index in [1.165, 1.54) is 0 Å². The number of rotatable bonds is 5. The van der Waals surface area contributed by atoms with Crippen LogP contribution in [0.5, 0.6) is 0 Å². The van der Waals surface area contributed by atoms with Crippen LogP contribution in [0.1, 0.15) is 47.0 Å². The molecular formula is C16H23ClO3. The van der Waals surface area contributed by atoms with Gasteiger partial charge >= 0.3 is 5.97 Å². The van der Waals surface area contributed by atoms with E-state index in [0.29, 0.717) is 6.42 Å².